The molecule has 4 heteroatoms. The van der Waals surface area contributed by atoms with E-state index in [2.05, 4.69) is 51.9 Å². The van der Waals surface area contributed by atoms with Gasteiger partial charge in [0.15, 0.2) is 0 Å². The lowest BCUT2D eigenvalue weighted by atomic mass is 10.3. The van der Waals surface area contributed by atoms with E-state index in [1.54, 1.807) is 0 Å². The third-order valence-corrected chi connectivity index (χ3v) is 4.08. The van der Waals surface area contributed by atoms with Crippen molar-refractivity contribution < 1.29 is 0 Å². The van der Waals surface area contributed by atoms with Crippen molar-refractivity contribution in [1.82, 2.24) is 14.5 Å². The van der Waals surface area contributed by atoms with E-state index in [-0.39, 0.29) is 0 Å². The first-order valence-corrected chi connectivity index (χ1v) is 7.82. The molecule has 112 valence electrons. The standard InChI is InChI=1S/C17H24N4/c1-14-12-21(15(2)13-20-10-6-7-11-20)17(18-14)19-16-8-4-3-5-9-16/h3-5,8-9,12,15H,6-7,10-11,13H2,1-2H3,(H,18,19). The van der Waals surface area contributed by atoms with Crippen molar-refractivity contribution in [2.45, 2.75) is 32.7 Å². The van der Waals surface area contributed by atoms with Gasteiger partial charge >= 0.3 is 0 Å². The molecule has 1 saturated heterocycles. The zero-order valence-corrected chi connectivity index (χ0v) is 12.9. The molecule has 0 radical (unpaired) electrons. The van der Waals surface area contributed by atoms with Crippen LogP contribution in [0.5, 0.6) is 0 Å². The number of likely N-dealkylation sites (tertiary alicyclic amines) is 1. The van der Waals surface area contributed by atoms with E-state index < -0.39 is 0 Å². The lowest BCUT2D eigenvalue weighted by molar-refractivity contribution is 0.289. The lowest BCUT2D eigenvalue weighted by Crippen LogP contribution is -2.27. The van der Waals surface area contributed by atoms with E-state index in [9.17, 15) is 0 Å². The van der Waals surface area contributed by atoms with E-state index in [0.29, 0.717) is 6.04 Å². The van der Waals surface area contributed by atoms with Crippen LogP contribution in [-0.2, 0) is 0 Å². The number of para-hydroxylation sites is 1. The fraction of sp³-hybridized carbons (Fsp3) is 0.471. The summed E-state index contributed by atoms with van der Waals surface area (Å²) in [4.78, 5) is 7.18. The van der Waals surface area contributed by atoms with Crippen LogP contribution in [0.15, 0.2) is 36.5 Å². The van der Waals surface area contributed by atoms with Gasteiger partial charge in [0, 0.05) is 24.5 Å². The summed E-state index contributed by atoms with van der Waals surface area (Å²) in [5, 5.41) is 3.43. The molecule has 4 nitrogen and oxygen atoms in total. The highest BCUT2D eigenvalue weighted by Gasteiger charge is 2.18. The van der Waals surface area contributed by atoms with Crippen molar-refractivity contribution in [3.8, 4) is 0 Å². The average Bonchev–Trinajstić information content (AvgIpc) is 3.10. The smallest absolute Gasteiger partial charge is 0.207 e. The molecule has 1 aliphatic rings. The van der Waals surface area contributed by atoms with Crippen LogP contribution in [0.3, 0.4) is 0 Å². The van der Waals surface area contributed by atoms with Crippen molar-refractivity contribution in [1.29, 1.82) is 0 Å². The van der Waals surface area contributed by atoms with Crippen molar-refractivity contribution >= 4 is 11.6 Å². The van der Waals surface area contributed by atoms with Crippen molar-refractivity contribution in [3.05, 3.63) is 42.2 Å². The Labute approximate surface area is 126 Å². The van der Waals surface area contributed by atoms with Gasteiger partial charge in [0.05, 0.1) is 5.69 Å². The quantitative estimate of drug-likeness (QED) is 0.911. The number of aromatic nitrogens is 2. The molecular weight excluding hydrogens is 260 g/mol. The summed E-state index contributed by atoms with van der Waals surface area (Å²) in [7, 11) is 0. The highest BCUT2D eigenvalue weighted by atomic mass is 15.2. The number of imidazole rings is 1. The average molecular weight is 284 g/mol. The molecule has 1 aromatic heterocycles. The molecule has 1 atom stereocenters. The molecule has 1 aromatic carbocycles. The molecule has 21 heavy (non-hydrogen) atoms. The number of hydrogen-bond acceptors (Lipinski definition) is 3. The molecule has 0 aliphatic carbocycles. The predicted molar refractivity (Wildman–Crippen MR) is 87.1 cm³/mol. The van der Waals surface area contributed by atoms with Crippen LogP contribution in [0, 0.1) is 6.92 Å². The fourth-order valence-electron chi connectivity index (χ4n) is 3.02. The summed E-state index contributed by atoms with van der Waals surface area (Å²) in [6.07, 6.45) is 4.82. The predicted octanol–water partition coefficient (Wildman–Crippen LogP) is 3.59. The number of hydrogen-bond donors (Lipinski definition) is 1. The summed E-state index contributed by atoms with van der Waals surface area (Å²) in [5.41, 5.74) is 2.14. The van der Waals surface area contributed by atoms with Gasteiger partial charge in [0.25, 0.3) is 0 Å². The minimum absolute atomic E-state index is 0.426. The monoisotopic (exact) mass is 284 g/mol. The van der Waals surface area contributed by atoms with Crippen LogP contribution in [-0.4, -0.2) is 34.1 Å². The van der Waals surface area contributed by atoms with E-state index in [0.717, 1.165) is 23.9 Å². The Morgan fingerprint density at radius 3 is 2.62 bits per heavy atom. The number of benzene rings is 1. The molecule has 0 amide bonds. The third-order valence-electron chi connectivity index (χ3n) is 4.08. The molecule has 3 rings (SSSR count). The van der Waals surface area contributed by atoms with Gasteiger partial charge in [-0.1, -0.05) is 18.2 Å². The normalized spacial score (nSPS) is 17.0. The Morgan fingerprint density at radius 1 is 1.19 bits per heavy atom. The first-order valence-electron chi connectivity index (χ1n) is 7.82. The van der Waals surface area contributed by atoms with Gasteiger partial charge in [-0.3, -0.25) is 0 Å². The SMILES string of the molecule is Cc1cn(C(C)CN2CCCC2)c(Nc2ccccc2)n1. The van der Waals surface area contributed by atoms with Crippen LogP contribution in [0.1, 0.15) is 31.5 Å². The van der Waals surface area contributed by atoms with Gasteiger partial charge < -0.3 is 14.8 Å². The third kappa shape index (κ3) is 3.45. The summed E-state index contributed by atoms with van der Waals surface area (Å²) in [6, 6.07) is 10.7. The number of nitrogens with one attached hydrogen (secondary N) is 1. The molecule has 0 spiro atoms. The zero-order valence-electron chi connectivity index (χ0n) is 12.9. The molecule has 1 aliphatic heterocycles. The maximum atomic E-state index is 4.63. The van der Waals surface area contributed by atoms with Gasteiger partial charge in [-0.2, -0.15) is 0 Å². The van der Waals surface area contributed by atoms with E-state index in [1.165, 1.54) is 25.9 Å². The Bertz CT molecular complexity index is 570. The Balaban J connectivity index is 1.75. The molecule has 2 aromatic rings. The largest absolute Gasteiger partial charge is 0.326 e. The number of rotatable bonds is 5. The second-order valence-corrected chi connectivity index (χ2v) is 5.96. The lowest BCUT2D eigenvalue weighted by Gasteiger charge is -2.23. The second-order valence-electron chi connectivity index (χ2n) is 5.96. The van der Waals surface area contributed by atoms with Crippen molar-refractivity contribution in [3.63, 3.8) is 0 Å². The maximum Gasteiger partial charge on any atom is 0.207 e. The first-order chi connectivity index (χ1) is 10.2. The van der Waals surface area contributed by atoms with E-state index in [1.807, 2.05) is 18.2 Å². The summed E-state index contributed by atoms with van der Waals surface area (Å²) in [5.74, 6) is 0.936. The van der Waals surface area contributed by atoms with Crippen molar-refractivity contribution in [2.75, 3.05) is 25.0 Å². The Hall–Kier alpha value is -1.81. The highest BCUT2D eigenvalue weighted by Crippen LogP contribution is 2.22. The molecule has 0 saturated carbocycles. The molecular formula is C17H24N4. The summed E-state index contributed by atoms with van der Waals surface area (Å²) >= 11 is 0. The Morgan fingerprint density at radius 2 is 1.90 bits per heavy atom. The summed E-state index contributed by atoms with van der Waals surface area (Å²) < 4.78 is 2.26. The van der Waals surface area contributed by atoms with Gasteiger partial charge in [-0.05, 0) is 51.9 Å². The van der Waals surface area contributed by atoms with Crippen LogP contribution in [0.2, 0.25) is 0 Å². The van der Waals surface area contributed by atoms with E-state index >= 15 is 0 Å². The molecule has 1 fully saturated rings. The molecule has 1 N–H and O–H groups in total. The number of nitrogens with zero attached hydrogens (tertiary/aromatic N) is 3. The fourth-order valence-corrected chi connectivity index (χ4v) is 3.02. The zero-order chi connectivity index (χ0) is 14.7. The summed E-state index contributed by atoms with van der Waals surface area (Å²) in [6.45, 7) is 7.89. The highest BCUT2D eigenvalue weighted by molar-refractivity contribution is 5.53. The minimum Gasteiger partial charge on any atom is -0.326 e. The van der Waals surface area contributed by atoms with E-state index in [4.69, 9.17) is 0 Å². The second kappa shape index (κ2) is 6.31. The molecule has 2 heterocycles. The Kier molecular flexibility index (Phi) is 4.25. The van der Waals surface area contributed by atoms with Crippen LogP contribution in [0.25, 0.3) is 0 Å². The van der Waals surface area contributed by atoms with Crippen molar-refractivity contribution in [2.24, 2.45) is 0 Å². The number of aryl methyl sites for hydroxylation is 1. The van der Waals surface area contributed by atoms with Crippen LogP contribution < -0.4 is 5.32 Å². The molecule has 0 bridgehead atoms. The van der Waals surface area contributed by atoms with Crippen LogP contribution >= 0.6 is 0 Å². The first kappa shape index (κ1) is 14.1. The van der Waals surface area contributed by atoms with Gasteiger partial charge in [-0.25, -0.2) is 4.98 Å². The van der Waals surface area contributed by atoms with Gasteiger partial charge in [0.1, 0.15) is 0 Å². The van der Waals surface area contributed by atoms with Gasteiger partial charge in [-0.15, -0.1) is 0 Å². The topological polar surface area (TPSA) is 33.1 Å². The number of anilines is 2. The minimum atomic E-state index is 0.426. The molecule has 1 unspecified atom stereocenters. The maximum absolute atomic E-state index is 4.63. The van der Waals surface area contributed by atoms with Gasteiger partial charge in [0.2, 0.25) is 5.95 Å². The van der Waals surface area contributed by atoms with Crippen LogP contribution in [0.4, 0.5) is 11.6 Å².